The van der Waals surface area contributed by atoms with Crippen molar-refractivity contribution in [3.05, 3.63) is 48.0 Å². The van der Waals surface area contributed by atoms with Crippen molar-refractivity contribution in [1.29, 1.82) is 0 Å². The standard InChI is InChI=1S/C21H29N5O3/c1-4-29-21(28)25-12-10-24(11-13-25)20(27)23-18-7-5-6-17(14-18)15-26-9-8-22-19(26)16(2)3/h5-9,14,16H,4,10-13,15H2,1-3H3,(H,23,27). The topological polar surface area (TPSA) is 79.7 Å². The van der Waals surface area contributed by atoms with Crippen molar-refractivity contribution in [1.82, 2.24) is 19.4 Å². The first kappa shape index (κ1) is 20.7. The molecular weight excluding hydrogens is 370 g/mol. The van der Waals surface area contributed by atoms with Crippen LogP contribution in [-0.4, -0.2) is 64.3 Å². The maximum atomic E-state index is 12.6. The molecule has 1 aliphatic heterocycles. The molecule has 2 heterocycles. The molecule has 0 unspecified atom stereocenters. The molecule has 0 radical (unpaired) electrons. The minimum Gasteiger partial charge on any atom is -0.450 e. The van der Waals surface area contributed by atoms with Gasteiger partial charge in [0.1, 0.15) is 5.82 Å². The molecule has 0 saturated carbocycles. The van der Waals surface area contributed by atoms with Gasteiger partial charge in [-0.2, -0.15) is 0 Å². The molecule has 1 fully saturated rings. The summed E-state index contributed by atoms with van der Waals surface area (Å²) in [6.07, 6.45) is 3.47. The molecule has 3 amide bonds. The molecule has 1 N–H and O–H groups in total. The van der Waals surface area contributed by atoms with E-state index in [0.717, 1.165) is 17.1 Å². The maximum absolute atomic E-state index is 12.6. The summed E-state index contributed by atoms with van der Waals surface area (Å²) in [6.45, 7) is 9.01. The van der Waals surface area contributed by atoms with Crippen molar-refractivity contribution in [3.63, 3.8) is 0 Å². The summed E-state index contributed by atoms with van der Waals surface area (Å²) in [6, 6.07) is 7.69. The first-order valence-corrected chi connectivity index (χ1v) is 10.1. The van der Waals surface area contributed by atoms with Gasteiger partial charge in [0.25, 0.3) is 0 Å². The van der Waals surface area contributed by atoms with Crippen LogP contribution in [-0.2, 0) is 11.3 Å². The number of urea groups is 1. The Morgan fingerprint density at radius 2 is 1.90 bits per heavy atom. The molecule has 0 atom stereocenters. The van der Waals surface area contributed by atoms with E-state index >= 15 is 0 Å². The molecule has 0 bridgehead atoms. The lowest BCUT2D eigenvalue weighted by Gasteiger charge is -2.34. The number of nitrogens with one attached hydrogen (secondary N) is 1. The molecule has 2 aromatic rings. The third-order valence-electron chi connectivity index (χ3n) is 4.89. The van der Waals surface area contributed by atoms with Gasteiger partial charge in [-0.25, -0.2) is 14.6 Å². The number of carbonyl (C=O) groups is 2. The molecule has 8 nitrogen and oxygen atoms in total. The Bertz CT molecular complexity index is 840. The average Bonchev–Trinajstić information content (AvgIpc) is 3.17. The van der Waals surface area contributed by atoms with Gasteiger partial charge in [0.05, 0.1) is 6.61 Å². The highest BCUT2D eigenvalue weighted by Crippen LogP contribution is 2.17. The number of aromatic nitrogens is 2. The van der Waals surface area contributed by atoms with E-state index in [1.165, 1.54) is 0 Å². The van der Waals surface area contributed by atoms with E-state index in [-0.39, 0.29) is 12.1 Å². The van der Waals surface area contributed by atoms with E-state index < -0.39 is 0 Å². The molecular formula is C21H29N5O3. The first-order chi connectivity index (χ1) is 14.0. The molecule has 1 aromatic carbocycles. The summed E-state index contributed by atoms with van der Waals surface area (Å²) in [5, 5.41) is 2.97. The highest BCUT2D eigenvalue weighted by atomic mass is 16.6. The van der Waals surface area contributed by atoms with E-state index in [4.69, 9.17) is 4.74 Å². The van der Waals surface area contributed by atoms with Gasteiger partial charge in [-0.05, 0) is 24.6 Å². The summed E-state index contributed by atoms with van der Waals surface area (Å²) < 4.78 is 7.14. The van der Waals surface area contributed by atoms with Crippen LogP contribution in [0.5, 0.6) is 0 Å². The molecule has 8 heteroatoms. The van der Waals surface area contributed by atoms with E-state index in [9.17, 15) is 9.59 Å². The predicted octanol–water partition coefficient (Wildman–Crippen LogP) is 3.36. The van der Waals surface area contributed by atoms with E-state index in [2.05, 4.69) is 28.7 Å². The fourth-order valence-corrected chi connectivity index (χ4v) is 3.41. The molecule has 1 aliphatic rings. The third kappa shape index (κ3) is 5.28. The lowest BCUT2D eigenvalue weighted by molar-refractivity contribution is 0.0868. The Morgan fingerprint density at radius 3 is 2.59 bits per heavy atom. The fourth-order valence-electron chi connectivity index (χ4n) is 3.41. The Hall–Kier alpha value is -3.03. The summed E-state index contributed by atoms with van der Waals surface area (Å²) in [5.74, 6) is 1.39. The van der Waals surface area contributed by atoms with Gasteiger partial charge in [-0.1, -0.05) is 26.0 Å². The van der Waals surface area contributed by atoms with Crippen molar-refractivity contribution in [2.75, 3.05) is 38.1 Å². The second-order valence-electron chi connectivity index (χ2n) is 7.37. The summed E-state index contributed by atoms with van der Waals surface area (Å²) in [7, 11) is 0. The number of amides is 3. The van der Waals surface area contributed by atoms with Crippen molar-refractivity contribution in [2.24, 2.45) is 0 Å². The summed E-state index contributed by atoms with van der Waals surface area (Å²) >= 11 is 0. The lowest BCUT2D eigenvalue weighted by atomic mass is 10.1. The third-order valence-corrected chi connectivity index (χ3v) is 4.89. The van der Waals surface area contributed by atoms with E-state index in [0.29, 0.717) is 45.2 Å². The van der Waals surface area contributed by atoms with Gasteiger partial charge >= 0.3 is 12.1 Å². The van der Waals surface area contributed by atoms with Crippen LogP contribution >= 0.6 is 0 Å². The molecule has 29 heavy (non-hydrogen) atoms. The van der Waals surface area contributed by atoms with Gasteiger partial charge in [0.15, 0.2) is 0 Å². The number of carbonyl (C=O) groups excluding carboxylic acids is 2. The molecule has 0 aliphatic carbocycles. The van der Waals surface area contributed by atoms with Crippen LogP contribution in [0.25, 0.3) is 0 Å². The molecule has 156 valence electrons. The Morgan fingerprint density at radius 1 is 1.17 bits per heavy atom. The fraction of sp³-hybridized carbons (Fsp3) is 0.476. The molecule has 1 saturated heterocycles. The zero-order chi connectivity index (χ0) is 20.8. The van der Waals surface area contributed by atoms with Gasteiger partial charge in [0, 0.05) is 56.7 Å². The maximum Gasteiger partial charge on any atom is 0.409 e. The average molecular weight is 399 g/mol. The number of nitrogens with zero attached hydrogens (tertiary/aromatic N) is 4. The number of piperazine rings is 1. The van der Waals surface area contributed by atoms with Crippen LogP contribution < -0.4 is 5.32 Å². The van der Waals surface area contributed by atoms with Crippen LogP contribution in [0.4, 0.5) is 15.3 Å². The van der Waals surface area contributed by atoms with Gasteiger partial charge in [0.2, 0.25) is 0 Å². The first-order valence-electron chi connectivity index (χ1n) is 10.1. The number of imidazole rings is 1. The van der Waals surface area contributed by atoms with Crippen molar-refractivity contribution in [3.8, 4) is 0 Å². The second kappa shape index (κ2) is 9.45. The van der Waals surface area contributed by atoms with Crippen LogP contribution in [0.15, 0.2) is 36.7 Å². The minimum atomic E-state index is -0.319. The zero-order valence-electron chi connectivity index (χ0n) is 17.3. The quantitative estimate of drug-likeness (QED) is 0.836. The Balaban J connectivity index is 1.57. The number of ether oxygens (including phenoxy) is 1. The van der Waals surface area contributed by atoms with Gasteiger partial charge in [-0.3, -0.25) is 0 Å². The molecule has 3 rings (SSSR count). The molecule has 1 aromatic heterocycles. The van der Waals surface area contributed by atoms with Gasteiger partial charge < -0.3 is 24.4 Å². The monoisotopic (exact) mass is 399 g/mol. The number of hydrogen-bond donors (Lipinski definition) is 1. The van der Waals surface area contributed by atoms with E-state index in [1.54, 1.807) is 16.7 Å². The predicted molar refractivity (Wildman–Crippen MR) is 111 cm³/mol. The SMILES string of the molecule is CCOC(=O)N1CCN(C(=O)Nc2cccc(Cn3ccnc3C(C)C)c2)CC1. The van der Waals surface area contributed by atoms with Gasteiger partial charge in [-0.15, -0.1) is 0 Å². The van der Waals surface area contributed by atoms with Crippen LogP contribution in [0.2, 0.25) is 0 Å². The van der Waals surface area contributed by atoms with Crippen LogP contribution in [0.3, 0.4) is 0 Å². The van der Waals surface area contributed by atoms with E-state index in [1.807, 2.05) is 36.7 Å². The summed E-state index contributed by atoms with van der Waals surface area (Å²) in [5.41, 5.74) is 1.85. The Labute approximate surface area is 171 Å². The smallest absolute Gasteiger partial charge is 0.409 e. The molecule has 0 spiro atoms. The normalized spacial score (nSPS) is 14.2. The number of hydrogen-bond acceptors (Lipinski definition) is 4. The second-order valence-corrected chi connectivity index (χ2v) is 7.37. The largest absolute Gasteiger partial charge is 0.450 e. The number of benzene rings is 1. The van der Waals surface area contributed by atoms with Crippen molar-refractivity contribution >= 4 is 17.8 Å². The lowest BCUT2D eigenvalue weighted by Crippen LogP contribution is -2.51. The number of rotatable bonds is 5. The van der Waals surface area contributed by atoms with Crippen molar-refractivity contribution in [2.45, 2.75) is 33.2 Å². The van der Waals surface area contributed by atoms with Crippen LogP contribution in [0, 0.1) is 0 Å². The number of anilines is 1. The highest BCUT2D eigenvalue weighted by Gasteiger charge is 2.24. The Kier molecular flexibility index (Phi) is 6.74. The zero-order valence-corrected chi connectivity index (χ0v) is 17.3. The highest BCUT2D eigenvalue weighted by molar-refractivity contribution is 5.89. The van der Waals surface area contributed by atoms with Crippen molar-refractivity contribution < 1.29 is 14.3 Å². The van der Waals surface area contributed by atoms with Crippen LogP contribution in [0.1, 0.15) is 38.1 Å². The minimum absolute atomic E-state index is 0.156. The summed E-state index contributed by atoms with van der Waals surface area (Å²) in [4.78, 5) is 32.2.